The largest absolute Gasteiger partial charge is 0.294 e. The quantitative estimate of drug-likeness (QED) is 0.438. The van der Waals surface area contributed by atoms with Crippen molar-refractivity contribution < 1.29 is 0 Å². The van der Waals surface area contributed by atoms with Crippen molar-refractivity contribution in [3.8, 4) is 17.1 Å². The van der Waals surface area contributed by atoms with E-state index in [1.54, 1.807) is 12.3 Å². The van der Waals surface area contributed by atoms with Crippen LogP contribution in [-0.4, -0.2) is 9.55 Å². The number of halogens is 2. The van der Waals surface area contributed by atoms with Crippen LogP contribution in [0.3, 0.4) is 0 Å². The van der Waals surface area contributed by atoms with E-state index in [1.807, 2.05) is 42.5 Å². The third-order valence-electron chi connectivity index (χ3n) is 3.79. The Morgan fingerprint density at radius 1 is 0.826 bits per heavy atom. The van der Waals surface area contributed by atoms with Gasteiger partial charge in [-0.05, 0) is 42.5 Å². The van der Waals surface area contributed by atoms with Crippen molar-refractivity contribution in [1.29, 1.82) is 0 Å². The molecular weight excluding hydrogens is 327 g/mol. The predicted molar refractivity (Wildman–Crippen MR) is 96.5 cm³/mol. The molecule has 2 aromatic heterocycles. The van der Waals surface area contributed by atoms with Crippen LogP contribution in [0.4, 0.5) is 0 Å². The van der Waals surface area contributed by atoms with Crippen molar-refractivity contribution in [1.82, 2.24) is 9.55 Å². The topological polar surface area (TPSA) is 17.8 Å². The lowest BCUT2D eigenvalue weighted by molar-refractivity contribution is 1.05. The van der Waals surface area contributed by atoms with E-state index in [9.17, 15) is 0 Å². The number of para-hydroxylation sites is 1. The van der Waals surface area contributed by atoms with Crippen LogP contribution in [0.1, 0.15) is 0 Å². The second-order valence-corrected chi connectivity index (χ2v) is 6.08. The summed E-state index contributed by atoms with van der Waals surface area (Å²) in [5.41, 5.74) is 2.94. The minimum atomic E-state index is 0.655. The molecule has 0 bridgehead atoms. The van der Waals surface area contributed by atoms with Gasteiger partial charge >= 0.3 is 0 Å². The van der Waals surface area contributed by atoms with Gasteiger partial charge < -0.3 is 0 Å². The van der Waals surface area contributed by atoms with Crippen LogP contribution in [-0.2, 0) is 0 Å². The van der Waals surface area contributed by atoms with Gasteiger partial charge in [0.05, 0.1) is 16.2 Å². The molecule has 0 aliphatic heterocycles. The number of fused-ring (bicyclic) bond motifs is 1. The fourth-order valence-electron chi connectivity index (χ4n) is 2.78. The zero-order valence-electron chi connectivity index (χ0n) is 12.1. The maximum absolute atomic E-state index is 6.43. The molecule has 112 valence electrons. The van der Waals surface area contributed by atoms with Crippen LogP contribution < -0.4 is 0 Å². The van der Waals surface area contributed by atoms with E-state index >= 15 is 0 Å². The summed E-state index contributed by atoms with van der Waals surface area (Å²) in [5, 5.41) is 2.45. The van der Waals surface area contributed by atoms with Crippen molar-refractivity contribution in [2.45, 2.75) is 0 Å². The molecule has 0 fully saturated rings. The van der Waals surface area contributed by atoms with Crippen LogP contribution in [0.15, 0.2) is 72.9 Å². The van der Waals surface area contributed by atoms with Gasteiger partial charge in [0, 0.05) is 22.2 Å². The molecule has 0 atom stereocenters. The van der Waals surface area contributed by atoms with E-state index in [2.05, 4.69) is 27.8 Å². The molecule has 0 N–H and O–H groups in total. The summed E-state index contributed by atoms with van der Waals surface area (Å²) in [4.78, 5) is 4.50. The summed E-state index contributed by atoms with van der Waals surface area (Å²) in [7, 11) is 0. The lowest BCUT2D eigenvalue weighted by atomic mass is 10.1. The Morgan fingerprint density at radius 3 is 2.48 bits per heavy atom. The molecule has 0 unspecified atom stereocenters. The molecule has 23 heavy (non-hydrogen) atoms. The molecule has 4 heteroatoms. The third-order valence-corrected chi connectivity index (χ3v) is 4.36. The van der Waals surface area contributed by atoms with Gasteiger partial charge in [-0.15, -0.1) is 0 Å². The highest BCUT2D eigenvalue weighted by molar-refractivity contribution is 6.35. The first kappa shape index (κ1) is 14.3. The van der Waals surface area contributed by atoms with Crippen molar-refractivity contribution >= 4 is 34.1 Å². The lowest BCUT2D eigenvalue weighted by Crippen LogP contribution is -1.99. The molecule has 0 saturated heterocycles. The maximum atomic E-state index is 6.43. The van der Waals surface area contributed by atoms with Crippen LogP contribution >= 0.6 is 23.2 Å². The van der Waals surface area contributed by atoms with Gasteiger partial charge in [0.2, 0.25) is 0 Å². The van der Waals surface area contributed by atoms with Gasteiger partial charge in [0.25, 0.3) is 0 Å². The minimum Gasteiger partial charge on any atom is -0.294 e. The Kier molecular flexibility index (Phi) is 3.56. The first-order chi connectivity index (χ1) is 11.2. The standard InChI is InChI=1S/C19H12Cl2N2/c20-14-8-9-16(21)15(12-14)18-11-13-5-1-2-6-17(13)23(18)19-7-3-4-10-22-19/h1-12H. The van der Waals surface area contributed by atoms with E-state index < -0.39 is 0 Å². The molecule has 2 heterocycles. The van der Waals surface area contributed by atoms with Gasteiger partial charge in [-0.2, -0.15) is 0 Å². The molecule has 0 aliphatic rings. The Bertz CT molecular complexity index is 991. The highest BCUT2D eigenvalue weighted by Gasteiger charge is 2.15. The highest BCUT2D eigenvalue weighted by atomic mass is 35.5. The first-order valence-electron chi connectivity index (χ1n) is 7.21. The summed E-state index contributed by atoms with van der Waals surface area (Å²) in [6.45, 7) is 0. The highest BCUT2D eigenvalue weighted by Crippen LogP contribution is 2.36. The van der Waals surface area contributed by atoms with E-state index in [4.69, 9.17) is 23.2 Å². The second kappa shape index (κ2) is 5.73. The maximum Gasteiger partial charge on any atom is 0.137 e. The van der Waals surface area contributed by atoms with Gasteiger partial charge in [-0.3, -0.25) is 4.57 Å². The van der Waals surface area contributed by atoms with Crippen LogP contribution in [0, 0.1) is 0 Å². The average molecular weight is 339 g/mol. The first-order valence-corrected chi connectivity index (χ1v) is 7.97. The molecule has 4 rings (SSSR count). The van der Waals surface area contributed by atoms with Crippen LogP contribution in [0.25, 0.3) is 28.0 Å². The van der Waals surface area contributed by atoms with Gasteiger partial charge in [-0.25, -0.2) is 4.98 Å². The number of hydrogen-bond donors (Lipinski definition) is 0. The fraction of sp³-hybridized carbons (Fsp3) is 0. The normalized spacial score (nSPS) is 11.0. The van der Waals surface area contributed by atoms with E-state index in [0.29, 0.717) is 10.0 Å². The summed E-state index contributed by atoms with van der Waals surface area (Å²) in [6.07, 6.45) is 1.79. The average Bonchev–Trinajstić information content (AvgIpc) is 2.97. The summed E-state index contributed by atoms with van der Waals surface area (Å²) < 4.78 is 2.10. The number of aromatic nitrogens is 2. The number of hydrogen-bond acceptors (Lipinski definition) is 1. The SMILES string of the molecule is Clc1ccc(Cl)c(-c2cc3ccccc3n2-c2ccccn2)c1. The van der Waals surface area contributed by atoms with Crippen molar-refractivity contribution in [3.63, 3.8) is 0 Å². The monoisotopic (exact) mass is 338 g/mol. The van der Waals surface area contributed by atoms with Crippen molar-refractivity contribution in [2.75, 3.05) is 0 Å². The molecular formula is C19H12Cl2N2. The Balaban J connectivity index is 2.09. The second-order valence-electron chi connectivity index (χ2n) is 5.24. The number of pyridine rings is 1. The third kappa shape index (κ3) is 2.50. The fourth-order valence-corrected chi connectivity index (χ4v) is 3.17. The van der Waals surface area contributed by atoms with E-state index in [1.165, 1.54) is 0 Å². The van der Waals surface area contributed by atoms with E-state index in [-0.39, 0.29) is 0 Å². The van der Waals surface area contributed by atoms with Gasteiger partial charge in [0.15, 0.2) is 0 Å². The predicted octanol–water partition coefficient (Wildman–Crippen LogP) is 6.00. The minimum absolute atomic E-state index is 0.655. The number of benzene rings is 2. The molecule has 0 radical (unpaired) electrons. The zero-order valence-corrected chi connectivity index (χ0v) is 13.6. The van der Waals surface area contributed by atoms with Gasteiger partial charge in [0.1, 0.15) is 5.82 Å². The number of rotatable bonds is 2. The molecule has 0 spiro atoms. The summed E-state index contributed by atoms with van der Waals surface area (Å²) >= 11 is 12.6. The Hall–Kier alpha value is -2.29. The molecule has 0 aliphatic carbocycles. The van der Waals surface area contributed by atoms with Crippen LogP contribution in [0.2, 0.25) is 10.0 Å². The number of nitrogens with zero attached hydrogens (tertiary/aromatic N) is 2. The van der Waals surface area contributed by atoms with Crippen LogP contribution in [0.5, 0.6) is 0 Å². The molecule has 0 saturated carbocycles. The summed E-state index contributed by atoms with van der Waals surface area (Å²) in [5.74, 6) is 0.847. The smallest absolute Gasteiger partial charge is 0.137 e. The van der Waals surface area contributed by atoms with Crippen molar-refractivity contribution in [2.24, 2.45) is 0 Å². The Morgan fingerprint density at radius 2 is 1.65 bits per heavy atom. The molecule has 0 amide bonds. The van der Waals surface area contributed by atoms with Gasteiger partial charge in [-0.1, -0.05) is 47.5 Å². The molecule has 2 nitrogen and oxygen atoms in total. The molecule has 4 aromatic rings. The van der Waals surface area contributed by atoms with Crippen molar-refractivity contribution in [3.05, 3.63) is 83.0 Å². The zero-order chi connectivity index (χ0) is 15.8. The summed E-state index contributed by atoms with van der Waals surface area (Å²) in [6, 6.07) is 21.7. The van der Waals surface area contributed by atoms with E-state index in [0.717, 1.165) is 28.0 Å². The molecule has 2 aromatic carbocycles. The lowest BCUT2D eigenvalue weighted by Gasteiger charge is -2.11. The Labute approximate surface area is 143 Å².